The number of amides is 1. The van der Waals surface area contributed by atoms with Gasteiger partial charge in [-0.3, -0.25) is 9.59 Å². The number of rotatable bonds is 5. The van der Waals surface area contributed by atoms with Crippen LogP contribution in [-0.4, -0.2) is 43.5 Å². The summed E-state index contributed by atoms with van der Waals surface area (Å²) in [6.45, 7) is 2.13. The molecule has 0 saturated heterocycles. The van der Waals surface area contributed by atoms with Crippen molar-refractivity contribution in [2.75, 3.05) is 13.6 Å². The Morgan fingerprint density at radius 2 is 2.04 bits per heavy atom. The fraction of sp³-hybridized carbons (Fsp3) is 0.400. The van der Waals surface area contributed by atoms with Gasteiger partial charge in [-0.1, -0.05) is 34.8 Å². The summed E-state index contributed by atoms with van der Waals surface area (Å²) in [5.41, 5.74) is 1.83. The number of ketones is 1. The summed E-state index contributed by atoms with van der Waals surface area (Å²) in [5, 5.41) is 2.82. The van der Waals surface area contributed by atoms with Crippen LogP contribution in [-0.2, 0) is 18.3 Å². The molecule has 0 bridgehead atoms. The van der Waals surface area contributed by atoms with Crippen molar-refractivity contribution in [2.24, 2.45) is 7.05 Å². The molecule has 0 saturated carbocycles. The minimum absolute atomic E-state index is 0.0182. The fourth-order valence-corrected chi connectivity index (χ4v) is 3.14. The molecule has 24 heavy (non-hydrogen) atoms. The molecule has 1 amide bonds. The molecule has 0 aliphatic rings. The number of hydrogen-bond acceptors (Lipinski definition) is 4. The highest BCUT2D eigenvalue weighted by Crippen LogP contribution is 2.32. The minimum Gasteiger partial charge on any atom is -0.347 e. The van der Waals surface area contributed by atoms with E-state index >= 15 is 0 Å². The molecule has 130 valence electrons. The maximum atomic E-state index is 12.1. The Hall–Kier alpha value is -1.08. The SMILES string of the molecule is CC(=O)N(C)CCc1nc(-c2cc(C(=O)C(Cl)(Cl)Cl)n(C)c2)cs1. The first-order chi connectivity index (χ1) is 11.1. The summed E-state index contributed by atoms with van der Waals surface area (Å²) in [6, 6.07) is 1.66. The van der Waals surface area contributed by atoms with Gasteiger partial charge in [0.2, 0.25) is 11.7 Å². The van der Waals surface area contributed by atoms with Crippen LogP contribution in [0.5, 0.6) is 0 Å². The van der Waals surface area contributed by atoms with Crippen LogP contribution in [0.4, 0.5) is 0 Å². The maximum Gasteiger partial charge on any atom is 0.255 e. The summed E-state index contributed by atoms with van der Waals surface area (Å²) >= 11 is 18.5. The van der Waals surface area contributed by atoms with Crippen LogP contribution in [0.1, 0.15) is 22.4 Å². The van der Waals surface area contributed by atoms with Crippen LogP contribution < -0.4 is 0 Å². The number of aryl methyl sites for hydroxylation is 1. The zero-order chi connectivity index (χ0) is 18.1. The maximum absolute atomic E-state index is 12.1. The molecule has 0 fully saturated rings. The van der Waals surface area contributed by atoms with Gasteiger partial charge in [-0.2, -0.15) is 0 Å². The topological polar surface area (TPSA) is 55.2 Å². The lowest BCUT2D eigenvalue weighted by atomic mass is 10.2. The minimum atomic E-state index is -1.99. The van der Waals surface area contributed by atoms with Gasteiger partial charge < -0.3 is 9.47 Å². The fourth-order valence-electron chi connectivity index (χ4n) is 2.05. The van der Waals surface area contributed by atoms with E-state index in [-0.39, 0.29) is 5.91 Å². The first-order valence-corrected chi connectivity index (χ1v) is 9.05. The number of alkyl halides is 3. The highest BCUT2D eigenvalue weighted by molar-refractivity contribution is 7.09. The van der Waals surface area contributed by atoms with Crippen molar-refractivity contribution in [3.63, 3.8) is 0 Å². The molecule has 0 aliphatic carbocycles. The molecular formula is C15H16Cl3N3O2S. The second kappa shape index (κ2) is 7.44. The average Bonchev–Trinajstić information content (AvgIpc) is 3.09. The van der Waals surface area contributed by atoms with Gasteiger partial charge in [0.15, 0.2) is 0 Å². The predicted octanol–water partition coefficient (Wildman–Crippen LogP) is 3.72. The molecule has 5 nitrogen and oxygen atoms in total. The third-order valence-corrected chi connectivity index (χ3v) is 4.96. The molecule has 0 radical (unpaired) electrons. The quantitative estimate of drug-likeness (QED) is 0.559. The standard InChI is InChI=1S/C15H16Cl3N3O2S/c1-9(22)20(2)5-4-13-19-11(8-24-13)10-6-12(21(3)7-10)14(23)15(16,17)18/h6-8H,4-5H2,1-3H3. The van der Waals surface area contributed by atoms with Crippen LogP contribution in [0.3, 0.4) is 0 Å². The van der Waals surface area contributed by atoms with E-state index in [1.165, 1.54) is 18.3 Å². The summed E-state index contributed by atoms with van der Waals surface area (Å²) in [6.07, 6.45) is 2.44. The van der Waals surface area contributed by atoms with Crippen molar-refractivity contribution in [1.82, 2.24) is 14.5 Å². The number of thiazole rings is 1. The number of nitrogens with zero attached hydrogens (tertiary/aromatic N) is 3. The molecule has 2 aromatic rings. The van der Waals surface area contributed by atoms with Gasteiger partial charge in [0.1, 0.15) is 0 Å². The van der Waals surface area contributed by atoms with Crippen LogP contribution in [0.25, 0.3) is 11.3 Å². The molecule has 0 N–H and O–H groups in total. The first-order valence-electron chi connectivity index (χ1n) is 7.04. The molecule has 0 aliphatic heterocycles. The lowest BCUT2D eigenvalue weighted by Gasteiger charge is -2.12. The number of halogens is 3. The summed E-state index contributed by atoms with van der Waals surface area (Å²) in [5.74, 6) is -0.565. The second-order valence-electron chi connectivity index (χ2n) is 5.37. The van der Waals surface area contributed by atoms with E-state index in [2.05, 4.69) is 4.98 Å². The van der Waals surface area contributed by atoms with Crippen LogP contribution in [0.2, 0.25) is 0 Å². The lowest BCUT2D eigenvalue weighted by Crippen LogP contribution is -2.26. The lowest BCUT2D eigenvalue weighted by molar-refractivity contribution is -0.127. The van der Waals surface area contributed by atoms with E-state index in [0.29, 0.717) is 18.7 Å². The zero-order valence-electron chi connectivity index (χ0n) is 13.3. The highest BCUT2D eigenvalue weighted by Gasteiger charge is 2.33. The van der Waals surface area contributed by atoms with E-state index < -0.39 is 9.58 Å². The molecule has 2 aromatic heterocycles. The van der Waals surface area contributed by atoms with Crippen molar-refractivity contribution >= 4 is 57.8 Å². The highest BCUT2D eigenvalue weighted by atomic mass is 35.6. The Morgan fingerprint density at radius 1 is 1.38 bits per heavy atom. The second-order valence-corrected chi connectivity index (χ2v) is 8.59. The Morgan fingerprint density at radius 3 is 2.62 bits per heavy atom. The summed E-state index contributed by atoms with van der Waals surface area (Å²) in [4.78, 5) is 29.5. The third kappa shape index (κ3) is 4.51. The van der Waals surface area contributed by atoms with Gasteiger partial charge >= 0.3 is 0 Å². The van der Waals surface area contributed by atoms with E-state index in [1.807, 2.05) is 5.38 Å². The largest absolute Gasteiger partial charge is 0.347 e. The number of Topliss-reactive ketones (excluding diaryl/α,β-unsaturated/α-hetero) is 1. The Kier molecular flexibility index (Phi) is 5.96. The zero-order valence-corrected chi connectivity index (χ0v) is 16.4. The first kappa shape index (κ1) is 19.2. The number of aromatic nitrogens is 2. The van der Waals surface area contributed by atoms with Crippen LogP contribution >= 0.6 is 46.1 Å². The monoisotopic (exact) mass is 407 g/mol. The summed E-state index contributed by atoms with van der Waals surface area (Å²) < 4.78 is -0.379. The van der Waals surface area contributed by atoms with Gasteiger partial charge in [-0.25, -0.2) is 4.98 Å². The van der Waals surface area contributed by atoms with Crippen molar-refractivity contribution in [3.05, 3.63) is 28.3 Å². The predicted molar refractivity (Wildman–Crippen MR) is 98.2 cm³/mol. The normalized spacial score (nSPS) is 11.6. The van der Waals surface area contributed by atoms with Crippen LogP contribution in [0.15, 0.2) is 17.6 Å². The molecule has 0 spiro atoms. The molecule has 9 heteroatoms. The Bertz CT molecular complexity index is 764. The van der Waals surface area contributed by atoms with E-state index in [9.17, 15) is 9.59 Å². The number of likely N-dealkylation sites (N-methyl/N-ethyl adjacent to an activating group) is 1. The third-order valence-electron chi connectivity index (χ3n) is 3.54. The molecule has 2 rings (SSSR count). The van der Waals surface area contributed by atoms with Crippen molar-refractivity contribution in [3.8, 4) is 11.3 Å². The van der Waals surface area contributed by atoms with Crippen molar-refractivity contribution in [1.29, 1.82) is 0 Å². The molecule has 0 aromatic carbocycles. The Balaban J connectivity index is 2.16. The molecular weight excluding hydrogens is 393 g/mol. The van der Waals surface area contributed by atoms with Gasteiger partial charge in [0.25, 0.3) is 3.79 Å². The van der Waals surface area contributed by atoms with E-state index in [1.54, 1.807) is 35.8 Å². The van der Waals surface area contributed by atoms with E-state index in [0.717, 1.165) is 16.3 Å². The molecule has 0 atom stereocenters. The molecule has 2 heterocycles. The van der Waals surface area contributed by atoms with Crippen molar-refractivity contribution in [2.45, 2.75) is 17.1 Å². The van der Waals surface area contributed by atoms with Crippen LogP contribution in [0, 0.1) is 0 Å². The smallest absolute Gasteiger partial charge is 0.255 e. The van der Waals surface area contributed by atoms with Gasteiger partial charge in [0, 0.05) is 51.1 Å². The number of carbonyl (C=O) groups is 2. The van der Waals surface area contributed by atoms with Gasteiger partial charge in [-0.15, -0.1) is 11.3 Å². The average molecular weight is 409 g/mol. The van der Waals surface area contributed by atoms with Gasteiger partial charge in [-0.05, 0) is 6.07 Å². The number of hydrogen-bond donors (Lipinski definition) is 0. The van der Waals surface area contributed by atoms with E-state index in [4.69, 9.17) is 34.8 Å². The summed E-state index contributed by atoms with van der Waals surface area (Å²) in [7, 11) is 3.46. The Labute approximate surface area is 159 Å². The van der Waals surface area contributed by atoms with Gasteiger partial charge in [0.05, 0.1) is 16.4 Å². The molecule has 0 unspecified atom stereocenters. The van der Waals surface area contributed by atoms with Crippen molar-refractivity contribution < 1.29 is 9.59 Å². The number of carbonyl (C=O) groups excluding carboxylic acids is 2.